The van der Waals surface area contributed by atoms with Crippen molar-refractivity contribution in [1.29, 1.82) is 0 Å². The van der Waals surface area contributed by atoms with E-state index in [-0.39, 0.29) is 17.2 Å². The molecule has 2 rings (SSSR count). The summed E-state index contributed by atoms with van der Waals surface area (Å²) in [5, 5.41) is 9.14. The van der Waals surface area contributed by atoms with Crippen LogP contribution in [0, 0.1) is 5.92 Å². The van der Waals surface area contributed by atoms with Crippen LogP contribution < -0.4 is 9.46 Å². The van der Waals surface area contributed by atoms with Crippen LogP contribution in [0.4, 0.5) is 0 Å². The highest BCUT2D eigenvalue weighted by Crippen LogP contribution is 2.27. The maximum Gasteiger partial charge on any atom is 0.321 e. The number of carboxylic acid groups (broad SMARTS) is 1. The molecule has 21 heavy (non-hydrogen) atoms. The van der Waals surface area contributed by atoms with E-state index in [0.29, 0.717) is 18.8 Å². The summed E-state index contributed by atoms with van der Waals surface area (Å²) in [5.74, 6) is -0.412. The first kappa shape index (κ1) is 15.8. The zero-order valence-electron chi connectivity index (χ0n) is 12.0. The van der Waals surface area contributed by atoms with Gasteiger partial charge in [0.2, 0.25) is 10.0 Å². The summed E-state index contributed by atoms with van der Waals surface area (Å²) in [4.78, 5) is 11.3. The number of nitrogens with one attached hydrogen (secondary N) is 1. The fourth-order valence-corrected chi connectivity index (χ4v) is 3.51. The number of fused-ring (bicyclic) bond motifs is 1. The number of sulfonamides is 1. The van der Waals surface area contributed by atoms with E-state index < -0.39 is 22.0 Å². The smallest absolute Gasteiger partial charge is 0.321 e. The predicted octanol–water partition coefficient (Wildman–Crippen LogP) is 1.40. The standard InChI is InChI=1S/C14H19NO5S/c1-9(2)7-12(14(16)17)15-21(18,19)11-3-4-13-10(8-11)5-6-20-13/h3-4,8-9,12,15H,5-7H2,1-2H3,(H,16,17). The third-order valence-electron chi connectivity index (χ3n) is 3.27. The molecular formula is C14H19NO5S. The van der Waals surface area contributed by atoms with Crippen molar-refractivity contribution in [3.05, 3.63) is 23.8 Å². The Labute approximate surface area is 124 Å². The van der Waals surface area contributed by atoms with Gasteiger partial charge < -0.3 is 9.84 Å². The van der Waals surface area contributed by atoms with Gasteiger partial charge in [0.15, 0.2) is 0 Å². The molecule has 1 aliphatic heterocycles. The second kappa shape index (κ2) is 6.03. The van der Waals surface area contributed by atoms with Gasteiger partial charge in [0, 0.05) is 6.42 Å². The molecule has 0 saturated carbocycles. The molecule has 6 nitrogen and oxygen atoms in total. The number of rotatable bonds is 6. The number of hydrogen-bond acceptors (Lipinski definition) is 4. The van der Waals surface area contributed by atoms with Gasteiger partial charge in [-0.15, -0.1) is 0 Å². The van der Waals surface area contributed by atoms with E-state index in [1.165, 1.54) is 6.07 Å². The number of ether oxygens (including phenoxy) is 1. The van der Waals surface area contributed by atoms with Crippen molar-refractivity contribution in [2.45, 2.75) is 37.6 Å². The summed E-state index contributed by atoms with van der Waals surface area (Å²) in [5.41, 5.74) is 0.827. The lowest BCUT2D eigenvalue weighted by atomic mass is 10.1. The summed E-state index contributed by atoms with van der Waals surface area (Å²) >= 11 is 0. The zero-order chi connectivity index (χ0) is 15.6. The Morgan fingerprint density at radius 3 is 2.76 bits per heavy atom. The van der Waals surface area contributed by atoms with Crippen molar-refractivity contribution in [3.8, 4) is 5.75 Å². The minimum Gasteiger partial charge on any atom is -0.493 e. The Balaban J connectivity index is 2.23. The molecule has 0 amide bonds. The minimum absolute atomic E-state index is 0.0711. The van der Waals surface area contributed by atoms with Crippen LogP contribution in [0.15, 0.2) is 23.1 Å². The van der Waals surface area contributed by atoms with Crippen LogP contribution in [-0.2, 0) is 21.2 Å². The molecule has 7 heteroatoms. The molecule has 1 aliphatic rings. The Hall–Kier alpha value is -1.60. The SMILES string of the molecule is CC(C)CC(NS(=O)(=O)c1ccc2c(c1)CCO2)C(=O)O. The van der Waals surface area contributed by atoms with E-state index in [2.05, 4.69) is 4.72 Å². The third-order valence-corrected chi connectivity index (χ3v) is 4.74. The lowest BCUT2D eigenvalue weighted by Crippen LogP contribution is -2.41. The fourth-order valence-electron chi connectivity index (χ4n) is 2.26. The van der Waals surface area contributed by atoms with Crippen LogP contribution >= 0.6 is 0 Å². The van der Waals surface area contributed by atoms with Gasteiger partial charge in [-0.25, -0.2) is 8.42 Å². The summed E-state index contributed by atoms with van der Waals surface area (Å²) < 4.78 is 32.2. The summed E-state index contributed by atoms with van der Waals surface area (Å²) in [7, 11) is -3.86. The molecule has 116 valence electrons. The summed E-state index contributed by atoms with van der Waals surface area (Å²) in [6.07, 6.45) is 0.898. The lowest BCUT2D eigenvalue weighted by molar-refractivity contribution is -0.139. The van der Waals surface area contributed by atoms with Gasteiger partial charge in [-0.3, -0.25) is 4.79 Å². The highest BCUT2D eigenvalue weighted by molar-refractivity contribution is 7.89. The molecule has 0 aliphatic carbocycles. The highest BCUT2D eigenvalue weighted by atomic mass is 32.2. The Kier molecular flexibility index (Phi) is 4.53. The van der Waals surface area contributed by atoms with Crippen molar-refractivity contribution < 1.29 is 23.1 Å². The van der Waals surface area contributed by atoms with Crippen LogP contribution in [0.5, 0.6) is 5.75 Å². The van der Waals surface area contributed by atoms with Gasteiger partial charge in [0.05, 0.1) is 11.5 Å². The number of benzene rings is 1. The first-order valence-electron chi connectivity index (χ1n) is 6.80. The van der Waals surface area contributed by atoms with Crippen molar-refractivity contribution in [2.75, 3.05) is 6.61 Å². The highest BCUT2D eigenvalue weighted by Gasteiger charge is 2.27. The van der Waals surface area contributed by atoms with Crippen LogP contribution in [0.2, 0.25) is 0 Å². The second-order valence-corrected chi connectivity index (χ2v) is 7.22. The number of hydrogen-bond donors (Lipinski definition) is 2. The van der Waals surface area contributed by atoms with Gasteiger partial charge in [0.25, 0.3) is 0 Å². The normalized spacial score (nSPS) is 15.6. The van der Waals surface area contributed by atoms with Crippen LogP contribution in [-0.4, -0.2) is 32.1 Å². The van der Waals surface area contributed by atoms with Crippen molar-refractivity contribution in [2.24, 2.45) is 5.92 Å². The van der Waals surface area contributed by atoms with E-state index in [4.69, 9.17) is 9.84 Å². The van der Waals surface area contributed by atoms with E-state index in [0.717, 1.165) is 5.56 Å². The first-order valence-corrected chi connectivity index (χ1v) is 8.29. The molecule has 0 aromatic heterocycles. The van der Waals surface area contributed by atoms with E-state index in [1.807, 2.05) is 13.8 Å². The Bertz CT molecular complexity index is 639. The van der Waals surface area contributed by atoms with Gasteiger partial charge in [-0.05, 0) is 36.1 Å². The second-order valence-electron chi connectivity index (χ2n) is 5.51. The molecule has 1 unspecified atom stereocenters. The molecule has 2 N–H and O–H groups in total. The maximum absolute atomic E-state index is 12.3. The maximum atomic E-state index is 12.3. The Morgan fingerprint density at radius 2 is 2.14 bits per heavy atom. The average molecular weight is 313 g/mol. The first-order chi connectivity index (χ1) is 9.79. The zero-order valence-corrected chi connectivity index (χ0v) is 12.8. The minimum atomic E-state index is -3.86. The number of carbonyl (C=O) groups is 1. The summed E-state index contributed by atoms with van der Waals surface area (Å²) in [6.45, 7) is 4.23. The quantitative estimate of drug-likeness (QED) is 0.828. The molecule has 0 fully saturated rings. The number of carboxylic acids is 1. The van der Waals surface area contributed by atoms with Crippen LogP contribution in [0.3, 0.4) is 0 Å². The predicted molar refractivity (Wildman–Crippen MR) is 76.8 cm³/mol. The molecule has 1 aromatic rings. The van der Waals surface area contributed by atoms with Gasteiger partial charge in [0.1, 0.15) is 11.8 Å². The van der Waals surface area contributed by atoms with Gasteiger partial charge >= 0.3 is 5.97 Å². The molecule has 0 bridgehead atoms. The lowest BCUT2D eigenvalue weighted by Gasteiger charge is -2.16. The van der Waals surface area contributed by atoms with E-state index in [1.54, 1.807) is 12.1 Å². The monoisotopic (exact) mass is 313 g/mol. The molecule has 1 atom stereocenters. The largest absolute Gasteiger partial charge is 0.493 e. The van der Waals surface area contributed by atoms with Gasteiger partial charge in [-0.1, -0.05) is 13.8 Å². The van der Waals surface area contributed by atoms with Crippen molar-refractivity contribution >= 4 is 16.0 Å². The topological polar surface area (TPSA) is 92.7 Å². The number of aliphatic carboxylic acids is 1. The van der Waals surface area contributed by atoms with Crippen LogP contribution in [0.25, 0.3) is 0 Å². The van der Waals surface area contributed by atoms with Gasteiger partial charge in [-0.2, -0.15) is 4.72 Å². The fraction of sp³-hybridized carbons (Fsp3) is 0.500. The molecule has 0 saturated heterocycles. The van der Waals surface area contributed by atoms with Crippen LogP contribution in [0.1, 0.15) is 25.8 Å². The molecule has 0 spiro atoms. The van der Waals surface area contributed by atoms with Crippen molar-refractivity contribution in [3.63, 3.8) is 0 Å². The molecule has 0 radical (unpaired) electrons. The van der Waals surface area contributed by atoms with Crippen molar-refractivity contribution in [1.82, 2.24) is 4.72 Å². The average Bonchev–Trinajstić information content (AvgIpc) is 2.84. The molecular weight excluding hydrogens is 294 g/mol. The van der Waals surface area contributed by atoms with E-state index >= 15 is 0 Å². The Morgan fingerprint density at radius 1 is 1.43 bits per heavy atom. The summed E-state index contributed by atoms with van der Waals surface area (Å²) in [6, 6.07) is 3.45. The van der Waals surface area contributed by atoms with E-state index in [9.17, 15) is 13.2 Å². The molecule has 1 heterocycles. The third kappa shape index (κ3) is 3.74. The molecule has 1 aromatic carbocycles.